The highest BCUT2D eigenvalue weighted by Crippen LogP contribution is 2.19. The molecule has 18 heavy (non-hydrogen) atoms. The smallest absolute Gasteiger partial charge is 0.277 e. The van der Waals surface area contributed by atoms with Gasteiger partial charge in [-0.25, -0.2) is 8.78 Å². The summed E-state index contributed by atoms with van der Waals surface area (Å²) >= 11 is 5.80. The fourth-order valence-corrected chi connectivity index (χ4v) is 1.57. The maximum atomic E-state index is 12.9. The molecule has 0 aliphatic carbocycles. The Labute approximate surface area is 109 Å². The highest BCUT2D eigenvalue weighted by molar-refractivity contribution is 6.30. The van der Waals surface area contributed by atoms with Crippen LogP contribution in [0.25, 0.3) is 0 Å². The number of rotatable bonds is 5. The van der Waals surface area contributed by atoms with Crippen molar-refractivity contribution in [3.8, 4) is 0 Å². The summed E-state index contributed by atoms with van der Waals surface area (Å²) < 4.78 is 25.8. The summed E-state index contributed by atoms with van der Waals surface area (Å²) in [6.07, 6.45) is 0. The predicted octanol–water partition coefficient (Wildman–Crippen LogP) is 2.15. The molecule has 0 spiro atoms. The first-order chi connectivity index (χ1) is 8.35. The van der Waals surface area contributed by atoms with E-state index in [1.807, 2.05) is 0 Å². The van der Waals surface area contributed by atoms with Crippen molar-refractivity contribution < 1.29 is 13.6 Å². The van der Waals surface area contributed by atoms with E-state index < -0.39 is 30.8 Å². The SMILES string of the molecule is CC(C(=O)NCC(F)(F)CN)c1cccc(Cl)c1. The predicted molar refractivity (Wildman–Crippen MR) is 66.9 cm³/mol. The summed E-state index contributed by atoms with van der Waals surface area (Å²) in [7, 11) is 0. The fraction of sp³-hybridized carbons (Fsp3) is 0.417. The summed E-state index contributed by atoms with van der Waals surface area (Å²) in [6, 6.07) is 6.73. The lowest BCUT2D eigenvalue weighted by Gasteiger charge is -2.17. The van der Waals surface area contributed by atoms with Crippen molar-refractivity contribution in [1.29, 1.82) is 0 Å². The third-order valence-electron chi connectivity index (χ3n) is 2.56. The Morgan fingerprint density at radius 1 is 1.56 bits per heavy atom. The molecule has 3 nitrogen and oxygen atoms in total. The van der Waals surface area contributed by atoms with Gasteiger partial charge >= 0.3 is 0 Å². The Kier molecular flexibility index (Phi) is 5.04. The number of alkyl halides is 2. The maximum absolute atomic E-state index is 12.9. The number of nitrogens with two attached hydrogens (primary N) is 1. The van der Waals surface area contributed by atoms with Crippen molar-refractivity contribution >= 4 is 17.5 Å². The Bertz CT molecular complexity index is 426. The Morgan fingerprint density at radius 2 is 2.22 bits per heavy atom. The van der Waals surface area contributed by atoms with Gasteiger partial charge in [0.15, 0.2) is 0 Å². The third-order valence-corrected chi connectivity index (χ3v) is 2.80. The lowest BCUT2D eigenvalue weighted by molar-refractivity contribution is -0.124. The molecular weight excluding hydrogens is 262 g/mol. The zero-order chi connectivity index (χ0) is 13.8. The second kappa shape index (κ2) is 6.11. The van der Waals surface area contributed by atoms with Crippen LogP contribution in [0.4, 0.5) is 8.78 Å². The first-order valence-electron chi connectivity index (χ1n) is 5.47. The lowest BCUT2D eigenvalue weighted by Crippen LogP contribution is -2.42. The third kappa shape index (κ3) is 4.23. The van der Waals surface area contributed by atoms with E-state index in [1.54, 1.807) is 31.2 Å². The van der Waals surface area contributed by atoms with Gasteiger partial charge in [0.05, 0.1) is 19.0 Å². The van der Waals surface area contributed by atoms with Gasteiger partial charge in [-0.15, -0.1) is 0 Å². The molecule has 0 bridgehead atoms. The van der Waals surface area contributed by atoms with Crippen LogP contribution in [-0.2, 0) is 4.79 Å². The molecule has 100 valence electrons. The summed E-state index contributed by atoms with van der Waals surface area (Å²) in [5, 5.41) is 2.68. The van der Waals surface area contributed by atoms with Gasteiger partial charge in [-0.1, -0.05) is 23.7 Å². The first kappa shape index (κ1) is 14.9. The van der Waals surface area contributed by atoms with E-state index in [-0.39, 0.29) is 0 Å². The van der Waals surface area contributed by atoms with Gasteiger partial charge in [0.2, 0.25) is 5.91 Å². The van der Waals surface area contributed by atoms with Crippen LogP contribution in [0, 0.1) is 0 Å². The van der Waals surface area contributed by atoms with Crippen LogP contribution in [-0.4, -0.2) is 24.9 Å². The summed E-state index contributed by atoms with van der Waals surface area (Å²) in [5.74, 6) is -4.10. The van der Waals surface area contributed by atoms with Crippen molar-refractivity contribution in [2.24, 2.45) is 5.73 Å². The molecule has 0 fully saturated rings. The molecule has 0 aliphatic heterocycles. The molecule has 1 atom stereocenters. The minimum absolute atomic E-state index is 0.481. The summed E-state index contributed by atoms with van der Waals surface area (Å²) in [5.41, 5.74) is 5.56. The molecule has 0 saturated heterocycles. The van der Waals surface area contributed by atoms with Crippen molar-refractivity contribution in [3.63, 3.8) is 0 Å². The summed E-state index contributed by atoms with van der Waals surface area (Å²) in [4.78, 5) is 11.7. The van der Waals surface area contributed by atoms with Crippen molar-refractivity contribution in [3.05, 3.63) is 34.9 Å². The van der Waals surface area contributed by atoms with Crippen molar-refractivity contribution in [2.45, 2.75) is 18.8 Å². The van der Waals surface area contributed by atoms with E-state index in [1.165, 1.54) is 0 Å². The molecule has 1 amide bonds. The van der Waals surface area contributed by atoms with Gasteiger partial charge in [0, 0.05) is 5.02 Å². The van der Waals surface area contributed by atoms with E-state index in [0.29, 0.717) is 10.6 Å². The standard InChI is InChI=1S/C12H15ClF2N2O/c1-8(9-3-2-4-10(13)5-9)11(18)17-7-12(14,15)6-16/h2-5,8H,6-7,16H2,1H3,(H,17,18). The highest BCUT2D eigenvalue weighted by Gasteiger charge is 2.28. The Balaban J connectivity index is 2.62. The van der Waals surface area contributed by atoms with E-state index in [2.05, 4.69) is 5.32 Å². The van der Waals surface area contributed by atoms with E-state index in [9.17, 15) is 13.6 Å². The highest BCUT2D eigenvalue weighted by atomic mass is 35.5. The largest absolute Gasteiger partial charge is 0.349 e. The molecule has 0 aliphatic rings. The molecule has 0 aromatic heterocycles. The van der Waals surface area contributed by atoms with Gasteiger partial charge in [0.25, 0.3) is 5.92 Å². The van der Waals surface area contributed by atoms with Crippen LogP contribution >= 0.6 is 11.6 Å². The minimum atomic E-state index is -3.08. The number of amides is 1. The van der Waals surface area contributed by atoms with Crippen LogP contribution < -0.4 is 11.1 Å². The molecule has 1 rings (SSSR count). The molecule has 1 unspecified atom stereocenters. The topological polar surface area (TPSA) is 55.1 Å². The molecule has 0 heterocycles. The molecule has 1 aromatic rings. The lowest BCUT2D eigenvalue weighted by atomic mass is 10.0. The number of benzene rings is 1. The number of halogens is 3. The normalized spacial score (nSPS) is 13.2. The van der Waals surface area contributed by atoms with Crippen LogP contribution in [0.1, 0.15) is 18.4 Å². The second-order valence-electron chi connectivity index (χ2n) is 4.05. The van der Waals surface area contributed by atoms with Gasteiger partial charge < -0.3 is 11.1 Å². The number of carbonyl (C=O) groups excluding carboxylic acids is 1. The van der Waals surface area contributed by atoms with Gasteiger partial charge in [-0.3, -0.25) is 4.79 Å². The molecule has 1 aromatic carbocycles. The van der Waals surface area contributed by atoms with Gasteiger partial charge in [-0.2, -0.15) is 0 Å². The molecule has 0 saturated carbocycles. The second-order valence-corrected chi connectivity index (χ2v) is 4.49. The van der Waals surface area contributed by atoms with Crippen LogP contribution in [0.15, 0.2) is 24.3 Å². The monoisotopic (exact) mass is 276 g/mol. The Morgan fingerprint density at radius 3 is 2.78 bits per heavy atom. The molecule has 3 N–H and O–H groups in total. The van der Waals surface area contributed by atoms with Crippen LogP contribution in [0.3, 0.4) is 0 Å². The van der Waals surface area contributed by atoms with Crippen LogP contribution in [0.2, 0.25) is 5.02 Å². The molecular formula is C12H15ClF2N2O. The maximum Gasteiger partial charge on any atom is 0.277 e. The van der Waals surface area contributed by atoms with E-state index in [0.717, 1.165) is 0 Å². The molecule has 6 heteroatoms. The average molecular weight is 277 g/mol. The number of hydrogen-bond donors (Lipinski definition) is 2. The zero-order valence-electron chi connectivity index (χ0n) is 9.92. The quantitative estimate of drug-likeness (QED) is 0.866. The average Bonchev–Trinajstić information content (AvgIpc) is 2.35. The van der Waals surface area contributed by atoms with Crippen molar-refractivity contribution in [1.82, 2.24) is 5.32 Å². The number of hydrogen-bond acceptors (Lipinski definition) is 2. The van der Waals surface area contributed by atoms with E-state index in [4.69, 9.17) is 17.3 Å². The van der Waals surface area contributed by atoms with Crippen molar-refractivity contribution in [2.75, 3.05) is 13.1 Å². The first-order valence-corrected chi connectivity index (χ1v) is 5.84. The van der Waals surface area contributed by atoms with E-state index >= 15 is 0 Å². The molecule has 0 radical (unpaired) electrons. The number of nitrogens with one attached hydrogen (secondary N) is 1. The Hall–Kier alpha value is -1.20. The summed E-state index contributed by atoms with van der Waals surface area (Å²) in [6.45, 7) is 0.0770. The zero-order valence-corrected chi connectivity index (χ0v) is 10.7. The van der Waals surface area contributed by atoms with Crippen LogP contribution in [0.5, 0.6) is 0 Å². The minimum Gasteiger partial charge on any atom is -0.349 e. The number of carbonyl (C=O) groups is 1. The fourth-order valence-electron chi connectivity index (χ4n) is 1.37. The van der Waals surface area contributed by atoms with Gasteiger partial charge in [0.1, 0.15) is 0 Å². The van der Waals surface area contributed by atoms with Gasteiger partial charge in [-0.05, 0) is 24.6 Å².